The fourth-order valence-corrected chi connectivity index (χ4v) is 3.48. The van der Waals surface area contributed by atoms with Crippen LogP contribution in [0.4, 0.5) is 0 Å². The zero-order chi connectivity index (χ0) is 19.7. The molecule has 2 aromatic rings. The summed E-state index contributed by atoms with van der Waals surface area (Å²) in [6.45, 7) is 8.45. The minimum Gasteiger partial charge on any atom is -0.507 e. The fourth-order valence-electron chi connectivity index (χ4n) is 3.48. The van der Waals surface area contributed by atoms with Crippen molar-refractivity contribution in [3.05, 3.63) is 68.8 Å². The molecule has 1 saturated heterocycles. The molecule has 0 saturated carbocycles. The number of nitrogens with one attached hydrogen (secondary N) is 1. The van der Waals surface area contributed by atoms with E-state index in [0.29, 0.717) is 35.7 Å². The Labute approximate surface area is 159 Å². The lowest BCUT2D eigenvalue weighted by molar-refractivity contribution is -0.112. The molecule has 0 aromatic heterocycles. The van der Waals surface area contributed by atoms with E-state index in [2.05, 4.69) is 5.32 Å². The van der Waals surface area contributed by atoms with Crippen molar-refractivity contribution in [1.29, 1.82) is 0 Å². The fraction of sp³-hybridized carbons (Fsp3) is 0.261. The van der Waals surface area contributed by atoms with Crippen LogP contribution in [0.5, 0.6) is 11.5 Å². The van der Waals surface area contributed by atoms with Gasteiger partial charge in [-0.2, -0.15) is 0 Å². The van der Waals surface area contributed by atoms with E-state index in [1.165, 1.54) is 0 Å². The predicted octanol–water partition coefficient (Wildman–Crippen LogP) is 3.97. The van der Waals surface area contributed by atoms with Crippen LogP contribution in [0.3, 0.4) is 0 Å². The van der Waals surface area contributed by atoms with Gasteiger partial charge in [0, 0.05) is 24.2 Å². The summed E-state index contributed by atoms with van der Waals surface area (Å²) >= 11 is 0. The lowest BCUT2D eigenvalue weighted by Gasteiger charge is -2.18. The van der Waals surface area contributed by atoms with E-state index < -0.39 is 0 Å². The Balaban J connectivity index is 1.94. The van der Waals surface area contributed by atoms with Gasteiger partial charge in [0.25, 0.3) is 0 Å². The first kappa shape index (κ1) is 18.9. The summed E-state index contributed by atoms with van der Waals surface area (Å²) in [5.74, 6) is 0.619. The highest BCUT2D eigenvalue weighted by Gasteiger charge is 2.20. The maximum absolute atomic E-state index is 12.9. The van der Waals surface area contributed by atoms with Gasteiger partial charge in [-0.3, -0.25) is 4.79 Å². The SMILES string of the molecule is Cc1cc(C=C2CNCC(=Cc3cc(C)c(O)c(C)c3)C2=O)cc(C)c1O. The van der Waals surface area contributed by atoms with Crippen molar-refractivity contribution in [1.82, 2.24) is 5.32 Å². The average molecular weight is 363 g/mol. The molecular weight excluding hydrogens is 338 g/mol. The Morgan fingerprint density at radius 1 is 0.741 bits per heavy atom. The third kappa shape index (κ3) is 3.96. The summed E-state index contributed by atoms with van der Waals surface area (Å²) < 4.78 is 0. The Kier molecular flexibility index (Phi) is 5.19. The van der Waals surface area contributed by atoms with Crippen LogP contribution < -0.4 is 5.32 Å². The molecular formula is C23H25NO3. The van der Waals surface area contributed by atoms with Gasteiger partial charge in [-0.1, -0.05) is 0 Å². The van der Waals surface area contributed by atoms with E-state index in [-0.39, 0.29) is 5.78 Å². The molecule has 1 aliphatic rings. The summed E-state index contributed by atoms with van der Waals surface area (Å²) in [5.41, 5.74) is 6.39. The first-order chi connectivity index (χ1) is 12.8. The van der Waals surface area contributed by atoms with E-state index in [9.17, 15) is 15.0 Å². The van der Waals surface area contributed by atoms with Crippen molar-refractivity contribution in [2.75, 3.05) is 13.1 Å². The molecule has 2 aromatic carbocycles. The summed E-state index contributed by atoms with van der Waals surface area (Å²) in [6, 6.07) is 7.53. The molecule has 1 aliphatic heterocycles. The first-order valence-electron chi connectivity index (χ1n) is 9.03. The van der Waals surface area contributed by atoms with E-state index in [1.807, 2.05) is 64.1 Å². The number of ketones is 1. The van der Waals surface area contributed by atoms with Gasteiger partial charge in [-0.15, -0.1) is 0 Å². The van der Waals surface area contributed by atoms with Crippen LogP contribution in [0.2, 0.25) is 0 Å². The summed E-state index contributed by atoms with van der Waals surface area (Å²) in [7, 11) is 0. The molecule has 0 atom stereocenters. The van der Waals surface area contributed by atoms with Crippen molar-refractivity contribution in [3.8, 4) is 11.5 Å². The molecule has 27 heavy (non-hydrogen) atoms. The van der Waals surface area contributed by atoms with Crippen molar-refractivity contribution in [3.63, 3.8) is 0 Å². The number of phenolic OH excluding ortho intramolecular Hbond substituents is 2. The van der Waals surface area contributed by atoms with Gasteiger partial charge in [0.2, 0.25) is 0 Å². The van der Waals surface area contributed by atoms with Gasteiger partial charge < -0.3 is 15.5 Å². The van der Waals surface area contributed by atoms with Gasteiger partial charge >= 0.3 is 0 Å². The summed E-state index contributed by atoms with van der Waals surface area (Å²) in [6.07, 6.45) is 3.77. The van der Waals surface area contributed by atoms with Crippen LogP contribution in [-0.4, -0.2) is 29.1 Å². The Hall–Kier alpha value is -2.85. The van der Waals surface area contributed by atoms with Gasteiger partial charge in [0.05, 0.1) is 0 Å². The number of carbonyl (C=O) groups is 1. The van der Waals surface area contributed by atoms with Crippen molar-refractivity contribution in [2.24, 2.45) is 0 Å². The first-order valence-corrected chi connectivity index (χ1v) is 9.03. The standard InChI is InChI=1S/C23H25NO3/c1-13-5-17(6-14(2)21(13)25)9-19-11-24-12-20(23(19)27)10-18-7-15(3)22(26)16(4)8-18/h5-10,24-26H,11-12H2,1-4H3. The molecule has 140 valence electrons. The van der Waals surface area contributed by atoms with E-state index >= 15 is 0 Å². The molecule has 1 heterocycles. The zero-order valence-corrected chi connectivity index (χ0v) is 16.2. The van der Waals surface area contributed by atoms with Crippen LogP contribution >= 0.6 is 0 Å². The molecule has 4 nitrogen and oxygen atoms in total. The Morgan fingerprint density at radius 2 is 1.07 bits per heavy atom. The molecule has 0 bridgehead atoms. The average Bonchev–Trinajstić information content (AvgIpc) is 2.61. The van der Waals surface area contributed by atoms with Gasteiger partial charge in [-0.25, -0.2) is 0 Å². The molecule has 4 heteroatoms. The number of benzene rings is 2. The van der Waals surface area contributed by atoms with Crippen LogP contribution in [0, 0.1) is 27.7 Å². The minimum absolute atomic E-state index is 0.0283. The number of hydrogen-bond acceptors (Lipinski definition) is 4. The van der Waals surface area contributed by atoms with Gasteiger partial charge in [-0.05, 0) is 97.5 Å². The molecule has 1 fully saturated rings. The molecule has 0 radical (unpaired) electrons. The van der Waals surface area contributed by atoms with Crippen molar-refractivity contribution >= 4 is 17.9 Å². The zero-order valence-electron chi connectivity index (χ0n) is 16.2. The summed E-state index contributed by atoms with van der Waals surface area (Å²) in [5, 5.41) is 23.1. The van der Waals surface area contributed by atoms with E-state index in [4.69, 9.17) is 0 Å². The number of phenols is 2. The van der Waals surface area contributed by atoms with E-state index in [0.717, 1.165) is 33.4 Å². The number of Topliss-reactive ketones (excluding diaryl/α,β-unsaturated/α-hetero) is 1. The third-order valence-corrected chi connectivity index (χ3v) is 4.92. The largest absolute Gasteiger partial charge is 0.507 e. The second kappa shape index (κ2) is 7.41. The smallest absolute Gasteiger partial charge is 0.187 e. The minimum atomic E-state index is 0.0283. The summed E-state index contributed by atoms with van der Waals surface area (Å²) in [4.78, 5) is 12.9. The van der Waals surface area contributed by atoms with E-state index in [1.54, 1.807) is 0 Å². The number of aromatic hydroxyl groups is 2. The molecule has 3 N–H and O–H groups in total. The topological polar surface area (TPSA) is 69.6 Å². The molecule has 0 amide bonds. The number of aryl methyl sites for hydroxylation is 4. The number of carbonyl (C=O) groups excluding carboxylic acids is 1. The maximum Gasteiger partial charge on any atom is 0.187 e. The molecule has 0 spiro atoms. The predicted molar refractivity (Wildman–Crippen MR) is 109 cm³/mol. The highest BCUT2D eigenvalue weighted by molar-refractivity contribution is 6.14. The molecule has 3 rings (SSSR count). The van der Waals surface area contributed by atoms with Crippen LogP contribution in [0.1, 0.15) is 33.4 Å². The second-order valence-electron chi connectivity index (χ2n) is 7.28. The third-order valence-electron chi connectivity index (χ3n) is 4.92. The number of rotatable bonds is 2. The number of piperidine rings is 1. The monoisotopic (exact) mass is 363 g/mol. The quantitative estimate of drug-likeness (QED) is 0.706. The van der Waals surface area contributed by atoms with Crippen molar-refractivity contribution < 1.29 is 15.0 Å². The second-order valence-corrected chi connectivity index (χ2v) is 7.28. The molecule has 0 aliphatic carbocycles. The maximum atomic E-state index is 12.9. The van der Waals surface area contributed by atoms with Gasteiger partial charge in [0.1, 0.15) is 11.5 Å². The lowest BCUT2D eigenvalue weighted by atomic mass is 9.94. The number of hydrogen-bond donors (Lipinski definition) is 3. The van der Waals surface area contributed by atoms with Crippen LogP contribution in [-0.2, 0) is 4.79 Å². The molecule has 0 unspecified atom stereocenters. The Bertz CT molecular complexity index is 860. The van der Waals surface area contributed by atoms with Crippen LogP contribution in [0.25, 0.3) is 12.2 Å². The normalized spacial score (nSPS) is 17.7. The Morgan fingerprint density at radius 3 is 1.41 bits per heavy atom. The van der Waals surface area contributed by atoms with Gasteiger partial charge in [0.15, 0.2) is 5.78 Å². The lowest BCUT2D eigenvalue weighted by Crippen LogP contribution is -2.32. The highest BCUT2D eigenvalue weighted by atomic mass is 16.3. The van der Waals surface area contributed by atoms with Crippen LogP contribution in [0.15, 0.2) is 35.4 Å². The highest BCUT2D eigenvalue weighted by Crippen LogP contribution is 2.27. The van der Waals surface area contributed by atoms with Crippen molar-refractivity contribution in [2.45, 2.75) is 27.7 Å².